The van der Waals surface area contributed by atoms with Gasteiger partial charge in [0.15, 0.2) is 6.29 Å². The lowest BCUT2D eigenvalue weighted by Crippen LogP contribution is -2.59. The Hall–Kier alpha value is -2.21. The molecule has 3 aliphatic heterocycles. The maximum absolute atomic E-state index is 13.6. The van der Waals surface area contributed by atoms with Gasteiger partial charge in [0.05, 0.1) is 42.9 Å². The van der Waals surface area contributed by atoms with Gasteiger partial charge >= 0.3 is 0 Å². The first-order chi connectivity index (χ1) is 24.1. The van der Waals surface area contributed by atoms with Crippen molar-refractivity contribution in [2.75, 3.05) is 50.9 Å². The highest BCUT2D eigenvalue weighted by Gasteiger charge is 2.44. The summed E-state index contributed by atoms with van der Waals surface area (Å²) in [5, 5.41) is 10.3. The molecule has 0 bridgehead atoms. The molecule has 6 atom stereocenters. The van der Waals surface area contributed by atoms with E-state index >= 15 is 0 Å². The number of aryl methyl sites for hydroxylation is 1. The van der Waals surface area contributed by atoms with Crippen molar-refractivity contribution >= 4 is 34.2 Å². The van der Waals surface area contributed by atoms with Crippen LogP contribution in [0.3, 0.4) is 0 Å². The van der Waals surface area contributed by atoms with Crippen LogP contribution in [-0.4, -0.2) is 89.8 Å². The number of amides is 1. The quantitative estimate of drug-likeness (QED) is 0.297. The molecule has 2 aromatic carbocycles. The molecule has 11 heteroatoms. The number of β-amino-alcohol motifs (C(OH)–C–C–N with tert-alkyl or cyclic N) is 1. The summed E-state index contributed by atoms with van der Waals surface area (Å²) >= 11 is 6.47. The molecule has 2 aliphatic carbocycles. The number of hydrogen-bond acceptors (Lipinski definition) is 8. The van der Waals surface area contributed by atoms with Crippen molar-refractivity contribution in [3.05, 3.63) is 58.1 Å². The lowest BCUT2D eigenvalue weighted by Gasteiger charge is -2.47. The number of halogens is 1. The molecular weight excluding hydrogens is 674 g/mol. The Balaban J connectivity index is 1.10. The molecule has 5 unspecified atom stereocenters. The van der Waals surface area contributed by atoms with Crippen LogP contribution in [0.2, 0.25) is 5.02 Å². The predicted octanol–water partition coefficient (Wildman–Crippen LogP) is 5.87. The summed E-state index contributed by atoms with van der Waals surface area (Å²) in [6.45, 7) is 11.0. The number of rotatable bonds is 11. The van der Waals surface area contributed by atoms with Crippen molar-refractivity contribution in [1.29, 1.82) is 0 Å². The van der Waals surface area contributed by atoms with E-state index in [1.165, 1.54) is 11.1 Å². The molecule has 0 radical (unpaired) electrons. The zero-order valence-electron chi connectivity index (χ0n) is 29.8. The predicted molar refractivity (Wildman–Crippen MR) is 197 cm³/mol. The van der Waals surface area contributed by atoms with E-state index in [9.17, 15) is 14.1 Å². The second-order valence-corrected chi connectivity index (χ2v) is 17.7. The van der Waals surface area contributed by atoms with Crippen molar-refractivity contribution < 1.29 is 28.3 Å². The first-order valence-corrected chi connectivity index (χ1v) is 20.4. The van der Waals surface area contributed by atoms with E-state index in [1.807, 2.05) is 25.1 Å². The molecule has 274 valence electrons. The standard InChI is InChI=1S/C39H54ClN3O6S/c1-4-6-25(2)26(3)50(46)41-38(45)29-10-13-36-35(16-29)43(23-39(24-49-36)14-5-7-28-15-31(40)11-12-34(28)39)18-30-9-8-27(30)17-37-47-21-32(22-48-37)42-19-33(44)20-42/h10-13,15-16,25-27,30,32-33,37,44H,4-9,14,17-24H2,1-3H3,(H,41,45)/t25?,26?,27?,30?,32?,37?,39-,50?/m0/s1. The summed E-state index contributed by atoms with van der Waals surface area (Å²) < 4.78 is 35.1. The molecular formula is C39H54ClN3O6S. The summed E-state index contributed by atoms with van der Waals surface area (Å²) in [6, 6.07) is 12.2. The van der Waals surface area contributed by atoms with Gasteiger partial charge in [-0.05, 0) is 105 Å². The zero-order valence-corrected chi connectivity index (χ0v) is 31.4. The van der Waals surface area contributed by atoms with E-state index in [0.717, 1.165) is 80.9 Å². The molecule has 2 aromatic rings. The molecule has 7 rings (SSSR count). The van der Waals surface area contributed by atoms with Gasteiger partial charge in [0.2, 0.25) is 0 Å². The fourth-order valence-corrected chi connectivity index (χ4v) is 10.0. The number of ether oxygens (including phenoxy) is 3. The average molecular weight is 728 g/mol. The van der Waals surface area contributed by atoms with E-state index in [4.69, 9.17) is 25.8 Å². The van der Waals surface area contributed by atoms with Crippen LogP contribution in [0.25, 0.3) is 0 Å². The Labute approximate surface area is 304 Å². The Morgan fingerprint density at radius 3 is 2.62 bits per heavy atom. The van der Waals surface area contributed by atoms with Crippen molar-refractivity contribution in [1.82, 2.24) is 9.62 Å². The molecule has 1 amide bonds. The van der Waals surface area contributed by atoms with Gasteiger partial charge in [0.1, 0.15) is 16.7 Å². The van der Waals surface area contributed by atoms with Crippen LogP contribution in [0.1, 0.15) is 87.2 Å². The topological polar surface area (TPSA) is 101 Å². The van der Waals surface area contributed by atoms with Crippen LogP contribution in [-0.2, 0) is 32.3 Å². The third-order valence-corrected chi connectivity index (χ3v) is 14.0. The number of likely N-dealkylation sites (tertiary alicyclic amines) is 1. The van der Waals surface area contributed by atoms with Gasteiger partial charge in [-0.3, -0.25) is 14.4 Å². The van der Waals surface area contributed by atoms with Crippen molar-refractivity contribution in [2.45, 2.75) is 101 Å². The average Bonchev–Trinajstić information content (AvgIpc) is 3.24. The number of fused-ring (bicyclic) bond motifs is 3. The number of benzene rings is 2. The third kappa shape index (κ3) is 7.62. The number of nitrogens with one attached hydrogen (secondary N) is 1. The van der Waals surface area contributed by atoms with Crippen molar-refractivity contribution in [3.63, 3.8) is 0 Å². The molecule has 1 saturated carbocycles. The van der Waals surface area contributed by atoms with Crippen LogP contribution in [0.4, 0.5) is 5.69 Å². The Morgan fingerprint density at radius 1 is 1.12 bits per heavy atom. The molecule has 9 nitrogen and oxygen atoms in total. The van der Waals surface area contributed by atoms with Crippen molar-refractivity contribution in [3.8, 4) is 5.75 Å². The van der Waals surface area contributed by atoms with Crippen LogP contribution < -0.4 is 14.4 Å². The largest absolute Gasteiger partial charge is 0.490 e. The zero-order chi connectivity index (χ0) is 35.0. The molecule has 0 aromatic heterocycles. The number of aliphatic hydroxyl groups is 1. The van der Waals surface area contributed by atoms with Gasteiger partial charge in [-0.25, -0.2) is 4.21 Å². The minimum Gasteiger partial charge on any atom is -0.490 e. The minimum absolute atomic E-state index is 0.138. The summed E-state index contributed by atoms with van der Waals surface area (Å²) in [7, 11) is -1.48. The molecule has 5 aliphatic rings. The highest BCUT2D eigenvalue weighted by Crippen LogP contribution is 2.47. The molecule has 2 saturated heterocycles. The van der Waals surface area contributed by atoms with Gasteiger partial charge in [0, 0.05) is 48.6 Å². The first kappa shape index (κ1) is 36.2. The van der Waals surface area contributed by atoms with Gasteiger partial charge in [-0.1, -0.05) is 37.9 Å². The Morgan fingerprint density at radius 2 is 1.90 bits per heavy atom. The summed E-state index contributed by atoms with van der Waals surface area (Å²) in [6.07, 6.45) is 7.78. The molecule has 3 heterocycles. The Bertz CT molecular complexity index is 1550. The highest BCUT2D eigenvalue weighted by atomic mass is 35.5. The van der Waals surface area contributed by atoms with Gasteiger partial charge in [0.25, 0.3) is 5.91 Å². The highest BCUT2D eigenvalue weighted by molar-refractivity contribution is 7.84. The number of nitrogens with zero attached hydrogens (tertiary/aromatic N) is 2. The van der Waals surface area contributed by atoms with E-state index in [1.54, 1.807) is 6.07 Å². The molecule has 3 fully saturated rings. The summed E-state index contributed by atoms with van der Waals surface area (Å²) in [5.41, 5.74) is 3.81. The van der Waals surface area contributed by atoms with Gasteiger partial charge < -0.3 is 24.2 Å². The van der Waals surface area contributed by atoms with Crippen LogP contribution >= 0.6 is 11.6 Å². The second kappa shape index (κ2) is 15.4. The van der Waals surface area contributed by atoms with Crippen molar-refractivity contribution in [2.24, 2.45) is 17.8 Å². The summed E-state index contributed by atoms with van der Waals surface area (Å²) in [5.74, 6) is 1.63. The molecule has 1 spiro atoms. The lowest BCUT2D eigenvalue weighted by atomic mass is 9.69. The van der Waals surface area contributed by atoms with Crippen LogP contribution in [0, 0.1) is 17.8 Å². The number of aliphatic hydroxyl groups excluding tert-OH is 1. The summed E-state index contributed by atoms with van der Waals surface area (Å²) in [4.78, 5) is 18.3. The SMILES string of the molecule is CCCC(C)C(C)S(=O)NC(=O)c1ccc2c(c1)N(CC1CCC1CC1OCC(N3CC(O)C3)CO1)C[C@@]1(CCCc3cc(Cl)ccc31)CO2. The van der Waals surface area contributed by atoms with Crippen LogP contribution in [0.5, 0.6) is 5.75 Å². The minimum atomic E-state index is -1.48. The normalized spacial score (nSPS) is 30.1. The number of carbonyl (C=O) groups excluding carboxylic acids is 1. The third-order valence-electron chi connectivity index (χ3n) is 12.3. The monoisotopic (exact) mass is 727 g/mol. The molecule has 50 heavy (non-hydrogen) atoms. The maximum Gasteiger partial charge on any atom is 0.263 e. The number of hydrogen-bond donors (Lipinski definition) is 2. The van der Waals surface area contributed by atoms with Crippen LogP contribution in [0.15, 0.2) is 36.4 Å². The smallest absolute Gasteiger partial charge is 0.263 e. The van der Waals surface area contributed by atoms with Gasteiger partial charge in [-0.15, -0.1) is 0 Å². The second-order valence-electron chi connectivity index (χ2n) is 15.7. The number of carbonyl (C=O) groups is 1. The van der Waals surface area contributed by atoms with E-state index in [0.29, 0.717) is 50.3 Å². The van der Waals surface area contributed by atoms with E-state index in [-0.39, 0.29) is 40.9 Å². The van der Waals surface area contributed by atoms with E-state index < -0.39 is 11.0 Å². The first-order valence-electron chi connectivity index (χ1n) is 18.8. The number of anilines is 1. The lowest BCUT2D eigenvalue weighted by molar-refractivity contribution is -0.226. The fourth-order valence-electron chi connectivity index (χ4n) is 8.78. The van der Waals surface area contributed by atoms with Gasteiger partial charge in [-0.2, -0.15) is 0 Å². The van der Waals surface area contributed by atoms with E-state index in [2.05, 4.69) is 40.5 Å². The molecule has 2 N–H and O–H groups in total. The Kier molecular flexibility index (Phi) is 11.1. The fraction of sp³-hybridized carbons (Fsp3) is 0.667. The maximum atomic E-state index is 13.6.